The molecule has 4 N–H and O–H groups in total. The maximum atomic E-state index is 11.9. The lowest BCUT2D eigenvalue weighted by atomic mass is 10.2. The average Bonchev–Trinajstić information content (AvgIpc) is 2.81. The number of nitrogens with two attached hydrogens (primary N) is 1. The molecule has 1 amide bonds. The largest absolute Gasteiger partial charge is 0.346 e. The van der Waals surface area contributed by atoms with Crippen LogP contribution in [0.15, 0.2) is 24.5 Å². The molecule has 2 rings (SSSR count). The molecule has 0 aliphatic rings. The van der Waals surface area contributed by atoms with Crippen LogP contribution in [0.1, 0.15) is 16.1 Å². The molecule has 0 radical (unpaired) electrons. The third-order valence-corrected chi connectivity index (χ3v) is 2.73. The fraction of sp³-hybridized carbons (Fsp3) is 0.182. The Morgan fingerprint density at radius 2 is 2.37 bits per heavy atom. The highest BCUT2D eigenvalue weighted by Gasteiger charge is 2.09. The smallest absolute Gasteiger partial charge is 0.253 e. The van der Waals surface area contributed by atoms with Crippen molar-refractivity contribution < 1.29 is 4.79 Å². The monoisotopic (exact) mass is 280 g/mol. The molecule has 0 fully saturated rings. The van der Waals surface area contributed by atoms with Crippen molar-refractivity contribution in [2.75, 3.05) is 5.43 Å². The van der Waals surface area contributed by atoms with Crippen LogP contribution in [0.25, 0.3) is 0 Å². The third kappa shape index (κ3) is 3.21. The van der Waals surface area contributed by atoms with Gasteiger partial charge in [0.2, 0.25) is 0 Å². The fourth-order valence-electron chi connectivity index (χ4n) is 1.50. The molecule has 19 heavy (non-hydrogen) atoms. The summed E-state index contributed by atoms with van der Waals surface area (Å²) in [7, 11) is 1.81. The molecule has 7 nitrogen and oxygen atoms in total. The second-order valence-electron chi connectivity index (χ2n) is 3.86. The van der Waals surface area contributed by atoms with E-state index < -0.39 is 0 Å². The first-order valence-corrected chi connectivity index (χ1v) is 5.87. The number of nitrogens with one attached hydrogen (secondary N) is 2. The van der Waals surface area contributed by atoms with E-state index in [-0.39, 0.29) is 10.9 Å². The number of aryl methyl sites for hydroxylation is 1. The quantitative estimate of drug-likeness (QED) is 0.565. The standard InChI is InChI=1S/C11H13ClN6O/c1-18-3-2-8(17-18)6-15-11(19)7-4-9(12)10(16-13)14-5-7/h2-5H,6,13H2,1H3,(H,14,16)(H,15,19). The zero-order chi connectivity index (χ0) is 13.8. The minimum atomic E-state index is -0.274. The van der Waals surface area contributed by atoms with Gasteiger partial charge < -0.3 is 10.7 Å². The van der Waals surface area contributed by atoms with Gasteiger partial charge in [0.05, 0.1) is 22.8 Å². The summed E-state index contributed by atoms with van der Waals surface area (Å²) in [5.74, 6) is 5.25. The SMILES string of the molecule is Cn1ccc(CNC(=O)c2cnc(NN)c(Cl)c2)n1. The highest BCUT2D eigenvalue weighted by molar-refractivity contribution is 6.33. The van der Waals surface area contributed by atoms with Crippen LogP contribution in [0.2, 0.25) is 5.02 Å². The minimum absolute atomic E-state index is 0.274. The highest BCUT2D eigenvalue weighted by atomic mass is 35.5. The van der Waals surface area contributed by atoms with E-state index in [0.717, 1.165) is 5.69 Å². The van der Waals surface area contributed by atoms with Crippen LogP contribution in [0, 0.1) is 0 Å². The Morgan fingerprint density at radius 3 is 2.95 bits per heavy atom. The van der Waals surface area contributed by atoms with Gasteiger partial charge >= 0.3 is 0 Å². The second-order valence-corrected chi connectivity index (χ2v) is 4.27. The number of pyridine rings is 1. The van der Waals surface area contributed by atoms with Crippen molar-refractivity contribution >= 4 is 23.3 Å². The van der Waals surface area contributed by atoms with Crippen LogP contribution in [0.3, 0.4) is 0 Å². The molecular formula is C11H13ClN6O. The maximum absolute atomic E-state index is 11.9. The normalized spacial score (nSPS) is 10.3. The van der Waals surface area contributed by atoms with Gasteiger partial charge in [-0.05, 0) is 12.1 Å². The van der Waals surface area contributed by atoms with Gasteiger partial charge in [-0.25, -0.2) is 10.8 Å². The van der Waals surface area contributed by atoms with Crippen LogP contribution in [0.5, 0.6) is 0 Å². The summed E-state index contributed by atoms with van der Waals surface area (Å²) < 4.78 is 1.67. The van der Waals surface area contributed by atoms with Crippen LogP contribution in [-0.4, -0.2) is 20.7 Å². The van der Waals surface area contributed by atoms with E-state index >= 15 is 0 Å². The summed E-state index contributed by atoms with van der Waals surface area (Å²) in [5.41, 5.74) is 3.47. The van der Waals surface area contributed by atoms with Crippen LogP contribution < -0.4 is 16.6 Å². The number of carbonyl (C=O) groups is 1. The van der Waals surface area contributed by atoms with Gasteiger partial charge in [0, 0.05) is 19.4 Å². The Kier molecular flexibility index (Phi) is 3.98. The van der Waals surface area contributed by atoms with Gasteiger partial charge in [0.15, 0.2) is 5.82 Å². The maximum Gasteiger partial charge on any atom is 0.253 e. The minimum Gasteiger partial charge on any atom is -0.346 e. The van der Waals surface area contributed by atoms with E-state index in [1.165, 1.54) is 12.3 Å². The zero-order valence-electron chi connectivity index (χ0n) is 10.2. The Labute approximate surface area is 114 Å². The predicted molar refractivity (Wildman–Crippen MR) is 71.4 cm³/mol. The van der Waals surface area contributed by atoms with Crippen LogP contribution in [0.4, 0.5) is 5.82 Å². The van der Waals surface area contributed by atoms with Gasteiger partial charge in [0.25, 0.3) is 5.91 Å². The lowest BCUT2D eigenvalue weighted by molar-refractivity contribution is 0.0950. The first kappa shape index (κ1) is 13.3. The number of anilines is 1. The molecule has 0 unspecified atom stereocenters. The second kappa shape index (κ2) is 5.68. The van der Waals surface area contributed by atoms with Crippen molar-refractivity contribution in [1.29, 1.82) is 0 Å². The number of amides is 1. The van der Waals surface area contributed by atoms with Gasteiger partial charge in [-0.3, -0.25) is 9.48 Å². The molecule has 0 bridgehead atoms. The molecule has 0 aliphatic carbocycles. The van der Waals surface area contributed by atoms with Crippen molar-refractivity contribution in [3.63, 3.8) is 0 Å². The number of halogens is 1. The summed E-state index contributed by atoms with van der Waals surface area (Å²) in [6.45, 7) is 0.341. The topological polar surface area (TPSA) is 97.9 Å². The summed E-state index contributed by atoms with van der Waals surface area (Å²) in [6, 6.07) is 3.32. The number of nitrogen functional groups attached to an aromatic ring is 1. The number of carbonyl (C=O) groups excluding carboxylic acids is 1. The fourth-order valence-corrected chi connectivity index (χ4v) is 1.72. The van der Waals surface area contributed by atoms with Crippen molar-refractivity contribution in [1.82, 2.24) is 20.1 Å². The Bertz CT molecular complexity index is 597. The van der Waals surface area contributed by atoms with Crippen molar-refractivity contribution in [3.8, 4) is 0 Å². The number of hydrogen-bond acceptors (Lipinski definition) is 5. The molecule has 8 heteroatoms. The molecule has 0 spiro atoms. The van der Waals surface area contributed by atoms with E-state index in [1.807, 2.05) is 19.3 Å². The number of rotatable bonds is 4. The summed E-state index contributed by atoms with van der Waals surface area (Å²) in [4.78, 5) is 15.8. The Hall–Kier alpha value is -2.12. The first-order chi connectivity index (χ1) is 9.10. The van der Waals surface area contributed by atoms with Gasteiger partial charge in [-0.1, -0.05) is 11.6 Å². The molecule has 0 atom stereocenters. The Balaban J connectivity index is 2.01. The zero-order valence-corrected chi connectivity index (χ0v) is 11.0. The van der Waals surface area contributed by atoms with Crippen molar-refractivity contribution in [3.05, 3.63) is 40.8 Å². The number of nitrogens with zero attached hydrogens (tertiary/aromatic N) is 3. The van der Waals surface area contributed by atoms with Crippen LogP contribution in [-0.2, 0) is 13.6 Å². The summed E-state index contributed by atoms with van der Waals surface area (Å²) >= 11 is 5.89. The number of hydrazine groups is 1. The van der Waals surface area contributed by atoms with Crippen molar-refractivity contribution in [2.45, 2.75) is 6.54 Å². The van der Waals surface area contributed by atoms with E-state index in [9.17, 15) is 4.79 Å². The predicted octanol–water partition coefficient (Wildman–Crippen LogP) is 0.684. The third-order valence-electron chi connectivity index (χ3n) is 2.44. The van der Waals surface area contributed by atoms with E-state index in [2.05, 4.69) is 20.8 Å². The van der Waals surface area contributed by atoms with E-state index in [1.54, 1.807) is 4.68 Å². The molecule has 2 heterocycles. The highest BCUT2D eigenvalue weighted by Crippen LogP contribution is 2.18. The van der Waals surface area contributed by atoms with Crippen molar-refractivity contribution in [2.24, 2.45) is 12.9 Å². The average molecular weight is 281 g/mol. The van der Waals surface area contributed by atoms with Gasteiger partial charge in [-0.15, -0.1) is 0 Å². The molecular weight excluding hydrogens is 268 g/mol. The molecule has 0 saturated carbocycles. The van der Waals surface area contributed by atoms with Gasteiger partial charge in [-0.2, -0.15) is 5.10 Å². The first-order valence-electron chi connectivity index (χ1n) is 5.49. The molecule has 100 valence electrons. The lowest BCUT2D eigenvalue weighted by Gasteiger charge is -2.06. The summed E-state index contributed by atoms with van der Waals surface area (Å²) in [6.07, 6.45) is 3.20. The van der Waals surface area contributed by atoms with E-state index in [4.69, 9.17) is 17.4 Å². The molecule has 2 aromatic heterocycles. The summed E-state index contributed by atoms with van der Waals surface area (Å²) in [5, 5.41) is 7.17. The molecule has 0 aliphatic heterocycles. The molecule has 0 saturated heterocycles. The van der Waals surface area contributed by atoms with Gasteiger partial charge in [0.1, 0.15) is 0 Å². The number of hydrogen-bond donors (Lipinski definition) is 3. The number of aromatic nitrogens is 3. The molecule has 2 aromatic rings. The molecule has 0 aromatic carbocycles. The lowest BCUT2D eigenvalue weighted by Crippen LogP contribution is -2.23. The van der Waals surface area contributed by atoms with E-state index in [0.29, 0.717) is 17.9 Å². The Morgan fingerprint density at radius 1 is 1.58 bits per heavy atom. The van der Waals surface area contributed by atoms with Crippen LogP contribution >= 0.6 is 11.6 Å².